The summed E-state index contributed by atoms with van der Waals surface area (Å²) >= 11 is 0. The molecule has 0 radical (unpaired) electrons. The molecule has 0 amide bonds. The highest BCUT2D eigenvalue weighted by molar-refractivity contribution is 6.32. The predicted octanol–water partition coefficient (Wildman–Crippen LogP) is 11.0. The van der Waals surface area contributed by atoms with Crippen LogP contribution in [0.5, 0.6) is 0 Å². The van der Waals surface area contributed by atoms with Crippen LogP contribution in [0.4, 0.5) is 0 Å². The minimum atomic E-state index is 0.648. The maximum Gasteiger partial charge on any atom is 0.0998 e. The highest BCUT2D eigenvalue weighted by Crippen LogP contribution is 2.48. The van der Waals surface area contributed by atoms with Crippen molar-refractivity contribution in [2.45, 2.75) is 0 Å². The fourth-order valence-electron chi connectivity index (χ4n) is 6.78. The van der Waals surface area contributed by atoms with Gasteiger partial charge >= 0.3 is 0 Å². The van der Waals surface area contributed by atoms with E-state index < -0.39 is 0 Å². The van der Waals surface area contributed by atoms with E-state index in [0.29, 0.717) is 11.1 Å². The second kappa shape index (κ2) is 10.2. The first-order valence-corrected chi connectivity index (χ1v) is 14.6. The van der Waals surface area contributed by atoms with Crippen molar-refractivity contribution < 1.29 is 0 Å². The maximum atomic E-state index is 10.1. The molecule has 0 heterocycles. The van der Waals surface area contributed by atoms with Crippen LogP contribution in [-0.2, 0) is 0 Å². The van der Waals surface area contributed by atoms with E-state index in [1.165, 1.54) is 0 Å². The van der Waals surface area contributed by atoms with Crippen LogP contribution in [0.1, 0.15) is 11.1 Å². The Labute approximate surface area is 255 Å². The van der Waals surface area contributed by atoms with Gasteiger partial charge in [-0.15, -0.1) is 0 Å². The fraction of sp³-hybridized carbons (Fsp3) is 0. The molecule has 0 aliphatic carbocycles. The summed E-state index contributed by atoms with van der Waals surface area (Å²) in [5, 5.41) is 27.1. The van der Waals surface area contributed by atoms with Gasteiger partial charge in [0.1, 0.15) is 0 Å². The van der Waals surface area contributed by atoms with Crippen LogP contribution < -0.4 is 0 Å². The van der Waals surface area contributed by atoms with Crippen LogP contribution >= 0.6 is 0 Å². The molecule has 44 heavy (non-hydrogen) atoms. The number of hydrogen-bond donors (Lipinski definition) is 0. The molecule has 202 valence electrons. The van der Waals surface area contributed by atoms with E-state index in [9.17, 15) is 10.5 Å². The molecule has 0 N–H and O–H groups in total. The van der Waals surface area contributed by atoms with Gasteiger partial charge in [0.2, 0.25) is 0 Å². The van der Waals surface area contributed by atoms with Gasteiger partial charge in [-0.1, -0.05) is 121 Å². The summed E-state index contributed by atoms with van der Waals surface area (Å²) in [6.07, 6.45) is 0. The molecule has 2 heteroatoms. The van der Waals surface area contributed by atoms with Crippen LogP contribution in [0.25, 0.3) is 76.8 Å². The zero-order chi connectivity index (χ0) is 29.6. The Kier molecular flexibility index (Phi) is 5.94. The van der Waals surface area contributed by atoms with E-state index in [0.717, 1.165) is 76.8 Å². The van der Waals surface area contributed by atoms with Gasteiger partial charge in [0.15, 0.2) is 0 Å². The molecule has 8 aromatic rings. The van der Waals surface area contributed by atoms with Crippen molar-refractivity contribution in [3.05, 3.63) is 157 Å². The molecule has 0 fully saturated rings. The first-order chi connectivity index (χ1) is 21.8. The average molecular weight is 557 g/mol. The molecule has 0 atom stereocenters. The topological polar surface area (TPSA) is 47.6 Å². The lowest BCUT2D eigenvalue weighted by Gasteiger charge is -2.22. The third-order valence-electron chi connectivity index (χ3n) is 8.74. The van der Waals surface area contributed by atoms with Crippen LogP contribution in [0, 0.1) is 22.7 Å². The lowest BCUT2D eigenvalue weighted by Crippen LogP contribution is -1.95. The molecular weight excluding hydrogens is 532 g/mol. The van der Waals surface area contributed by atoms with Crippen molar-refractivity contribution >= 4 is 32.3 Å². The highest BCUT2D eigenvalue weighted by Gasteiger charge is 2.22. The quantitative estimate of drug-likeness (QED) is 0.202. The van der Waals surface area contributed by atoms with E-state index >= 15 is 0 Å². The highest BCUT2D eigenvalue weighted by atomic mass is 14.3. The Morgan fingerprint density at radius 1 is 0.318 bits per heavy atom. The number of rotatable bonds is 4. The molecular formula is C42H24N2. The van der Waals surface area contributed by atoms with Crippen molar-refractivity contribution in [1.29, 1.82) is 10.5 Å². The molecule has 0 unspecified atom stereocenters. The van der Waals surface area contributed by atoms with Gasteiger partial charge in [0, 0.05) is 11.1 Å². The normalized spacial score (nSPS) is 11.1. The first-order valence-electron chi connectivity index (χ1n) is 14.6. The molecule has 0 bridgehead atoms. The Hall–Kier alpha value is -6.22. The van der Waals surface area contributed by atoms with Crippen molar-refractivity contribution in [3.63, 3.8) is 0 Å². The lowest BCUT2D eigenvalue weighted by atomic mass is 9.81. The Morgan fingerprint density at radius 2 is 0.659 bits per heavy atom. The smallest absolute Gasteiger partial charge is 0.0998 e. The largest absolute Gasteiger partial charge is 0.192 e. The molecule has 2 nitrogen and oxygen atoms in total. The fourth-order valence-corrected chi connectivity index (χ4v) is 6.78. The predicted molar refractivity (Wildman–Crippen MR) is 181 cm³/mol. The second-order valence-corrected chi connectivity index (χ2v) is 11.1. The summed E-state index contributed by atoms with van der Waals surface area (Å²) in [6, 6.07) is 54.9. The standard InChI is InChI=1S/C42H24N2/c43-25-29-15-7-9-17-31(29)39-23-37(27-11-3-1-4-12-27)33-19-21-36-40(32-18-10-8-16-30(32)26-44)24-38(28-13-5-2-6-14-28)34-20-22-35(39)41(33)42(34)36/h1-24H. The average Bonchev–Trinajstić information content (AvgIpc) is 3.10. The van der Waals surface area contributed by atoms with Crippen molar-refractivity contribution in [2.24, 2.45) is 0 Å². The third-order valence-corrected chi connectivity index (χ3v) is 8.74. The van der Waals surface area contributed by atoms with Crippen molar-refractivity contribution in [3.8, 4) is 56.6 Å². The molecule has 8 aromatic carbocycles. The van der Waals surface area contributed by atoms with E-state index in [-0.39, 0.29) is 0 Å². The minimum Gasteiger partial charge on any atom is -0.192 e. The molecule has 8 rings (SSSR count). The van der Waals surface area contributed by atoms with Gasteiger partial charge in [0.05, 0.1) is 23.3 Å². The summed E-state index contributed by atoms with van der Waals surface area (Å²) in [6.45, 7) is 0. The molecule has 0 saturated carbocycles. The summed E-state index contributed by atoms with van der Waals surface area (Å²) in [5.74, 6) is 0. The molecule has 0 aromatic heterocycles. The minimum absolute atomic E-state index is 0.648. The molecule has 0 aliphatic rings. The zero-order valence-electron chi connectivity index (χ0n) is 23.8. The summed E-state index contributed by atoms with van der Waals surface area (Å²) in [7, 11) is 0. The number of nitriles is 2. The molecule has 0 spiro atoms. The summed E-state index contributed by atoms with van der Waals surface area (Å²) < 4.78 is 0. The first kappa shape index (κ1) is 25.5. The molecule has 0 aliphatic heterocycles. The van der Waals surface area contributed by atoms with Gasteiger partial charge in [-0.25, -0.2) is 0 Å². The second-order valence-electron chi connectivity index (χ2n) is 11.1. The summed E-state index contributed by atoms with van der Waals surface area (Å²) in [4.78, 5) is 0. The monoisotopic (exact) mass is 556 g/mol. The van der Waals surface area contributed by atoms with Gasteiger partial charge in [-0.05, 0) is 90.0 Å². The van der Waals surface area contributed by atoms with Crippen molar-refractivity contribution in [1.82, 2.24) is 0 Å². The summed E-state index contributed by atoms with van der Waals surface area (Å²) in [5.41, 5.74) is 9.70. The Morgan fingerprint density at radius 3 is 1.05 bits per heavy atom. The van der Waals surface area contributed by atoms with Crippen LogP contribution in [0.2, 0.25) is 0 Å². The Bertz CT molecular complexity index is 2270. The van der Waals surface area contributed by atoms with E-state index in [2.05, 4.69) is 97.1 Å². The van der Waals surface area contributed by atoms with E-state index in [1.54, 1.807) is 0 Å². The van der Waals surface area contributed by atoms with Gasteiger partial charge in [0.25, 0.3) is 0 Å². The maximum absolute atomic E-state index is 10.1. The van der Waals surface area contributed by atoms with E-state index in [4.69, 9.17) is 0 Å². The number of nitrogens with zero attached hydrogens (tertiary/aromatic N) is 2. The van der Waals surface area contributed by atoms with Crippen molar-refractivity contribution in [2.75, 3.05) is 0 Å². The Balaban J connectivity index is 1.61. The third kappa shape index (κ3) is 3.87. The van der Waals surface area contributed by atoms with Gasteiger partial charge < -0.3 is 0 Å². The lowest BCUT2D eigenvalue weighted by molar-refractivity contribution is 1.48. The number of hydrogen-bond acceptors (Lipinski definition) is 2. The van der Waals surface area contributed by atoms with E-state index in [1.807, 2.05) is 60.7 Å². The zero-order valence-corrected chi connectivity index (χ0v) is 23.8. The van der Waals surface area contributed by atoms with Crippen LogP contribution in [0.15, 0.2) is 146 Å². The number of benzene rings is 8. The SMILES string of the molecule is N#Cc1ccccc1-c1cc(-c2ccccc2)c2ccc3c(-c4ccccc4C#N)cc(-c4ccccc4)c4ccc1c2c43. The van der Waals surface area contributed by atoms with Crippen LogP contribution in [0.3, 0.4) is 0 Å². The van der Waals surface area contributed by atoms with Gasteiger partial charge in [-0.2, -0.15) is 10.5 Å². The van der Waals surface area contributed by atoms with Gasteiger partial charge in [-0.3, -0.25) is 0 Å². The van der Waals surface area contributed by atoms with Crippen LogP contribution in [-0.4, -0.2) is 0 Å². The molecule has 0 saturated heterocycles.